The van der Waals surface area contributed by atoms with E-state index < -0.39 is 29.0 Å². The van der Waals surface area contributed by atoms with Crippen molar-refractivity contribution >= 4 is 23.4 Å². The number of cyclic esters (lactones) is 1. The molecule has 0 aliphatic carbocycles. The highest BCUT2D eigenvalue weighted by atomic mass is 16.6. The van der Waals surface area contributed by atoms with Gasteiger partial charge in [-0.25, -0.2) is 9.69 Å². The standard InChI is InChI=1S/C34H29N3O5/c1-22-29(32(26-17-19-27(20-18-26)37(40)41)35-31(22)25-15-9-4-10-16-25)33(38)36-28(21-42-34(36)39)30(23-11-5-2-6-12-23)24-13-7-3-8-14-24/h2-20,22,28-30,32H,21H2,1H3/t22-,28+,29-,32-/m0/s1. The van der Waals surface area contributed by atoms with Gasteiger partial charge in [-0.05, 0) is 22.3 Å². The first kappa shape index (κ1) is 27.1. The Balaban J connectivity index is 1.41. The third-order valence-corrected chi connectivity index (χ3v) is 8.23. The van der Waals surface area contributed by atoms with Gasteiger partial charge in [-0.1, -0.05) is 110 Å². The van der Waals surface area contributed by atoms with Crippen LogP contribution in [0.1, 0.15) is 41.1 Å². The minimum atomic E-state index is -0.720. The topological polar surface area (TPSA) is 102 Å². The lowest BCUT2D eigenvalue weighted by Crippen LogP contribution is -2.47. The number of benzene rings is 4. The first-order valence-corrected chi connectivity index (χ1v) is 13.9. The number of carbonyl (C=O) groups excluding carboxylic acids is 2. The number of nitrogens with zero attached hydrogens (tertiary/aromatic N) is 3. The van der Waals surface area contributed by atoms with Crippen LogP contribution in [0.15, 0.2) is 120 Å². The summed E-state index contributed by atoms with van der Waals surface area (Å²) < 4.78 is 5.57. The minimum Gasteiger partial charge on any atom is -0.447 e. The zero-order chi connectivity index (χ0) is 29.2. The molecule has 2 heterocycles. The van der Waals surface area contributed by atoms with Gasteiger partial charge in [-0.3, -0.25) is 19.9 Å². The molecule has 6 rings (SSSR count). The van der Waals surface area contributed by atoms with Crippen molar-refractivity contribution in [1.82, 2.24) is 4.90 Å². The first-order valence-electron chi connectivity index (χ1n) is 13.9. The lowest BCUT2D eigenvalue weighted by Gasteiger charge is -2.32. The third kappa shape index (κ3) is 4.96. The summed E-state index contributed by atoms with van der Waals surface area (Å²) in [4.78, 5) is 45.1. The monoisotopic (exact) mass is 559 g/mol. The zero-order valence-electron chi connectivity index (χ0n) is 22.9. The summed E-state index contributed by atoms with van der Waals surface area (Å²) in [7, 11) is 0. The predicted molar refractivity (Wildman–Crippen MR) is 158 cm³/mol. The van der Waals surface area contributed by atoms with Crippen molar-refractivity contribution in [2.24, 2.45) is 16.8 Å². The molecule has 4 atom stereocenters. The zero-order valence-corrected chi connectivity index (χ0v) is 22.9. The fraction of sp³-hybridized carbons (Fsp3) is 0.206. The molecule has 210 valence electrons. The Morgan fingerprint density at radius 3 is 1.98 bits per heavy atom. The number of hydrogen-bond acceptors (Lipinski definition) is 6. The Hall–Kier alpha value is -5.11. The van der Waals surface area contributed by atoms with Crippen LogP contribution in [0.3, 0.4) is 0 Å². The highest BCUT2D eigenvalue weighted by molar-refractivity contribution is 6.08. The fourth-order valence-electron chi connectivity index (χ4n) is 6.21. The van der Waals surface area contributed by atoms with Gasteiger partial charge in [0.1, 0.15) is 6.61 Å². The smallest absolute Gasteiger partial charge is 0.417 e. The van der Waals surface area contributed by atoms with Gasteiger partial charge in [0.05, 0.1) is 22.9 Å². The van der Waals surface area contributed by atoms with Crippen LogP contribution in [0.4, 0.5) is 10.5 Å². The number of nitro groups is 1. The van der Waals surface area contributed by atoms with Gasteiger partial charge in [0.2, 0.25) is 5.91 Å². The Morgan fingerprint density at radius 2 is 1.43 bits per heavy atom. The maximum absolute atomic E-state index is 14.6. The van der Waals surface area contributed by atoms with Crippen LogP contribution >= 0.6 is 0 Å². The van der Waals surface area contributed by atoms with Gasteiger partial charge in [0.15, 0.2) is 0 Å². The first-order chi connectivity index (χ1) is 20.4. The van der Waals surface area contributed by atoms with Crippen LogP contribution in [0, 0.1) is 22.0 Å². The second-order valence-electron chi connectivity index (χ2n) is 10.6. The van der Waals surface area contributed by atoms with E-state index in [1.807, 2.05) is 97.9 Å². The number of hydrogen-bond donors (Lipinski definition) is 0. The van der Waals surface area contributed by atoms with Crippen molar-refractivity contribution in [1.29, 1.82) is 0 Å². The number of rotatable bonds is 7. The lowest BCUT2D eigenvalue weighted by molar-refractivity contribution is -0.384. The summed E-state index contributed by atoms with van der Waals surface area (Å²) >= 11 is 0. The number of amides is 2. The van der Waals surface area contributed by atoms with E-state index in [2.05, 4.69) is 0 Å². The Labute approximate surface area is 243 Å². The lowest BCUT2D eigenvalue weighted by atomic mass is 9.80. The van der Waals surface area contributed by atoms with E-state index in [1.165, 1.54) is 17.0 Å². The molecule has 1 saturated heterocycles. The molecule has 4 aromatic carbocycles. The van der Waals surface area contributed by atoms with Crippen molar-refractivity contribution < 1.29 is 19.2 Å². The van der Waals surface area contributed by atoms with Crippen LogP contribution < -0.4 is 0 Å². The van der Waals surface area contributed by atoms with E-state index in [9.17, 15) is 19.7 Å². The van der Waals surface area contributed by atoms with Crippen LogP contribution in [0.25, 0.3) is 0 Å². The molecular weight excluding hydrogens is 530 g/mol. The quantitative estimate of drug-likeness (QED) is 0.188. The summed E-state index contributed by atoms with van der Waals surface area (Å²) in [6.07, 6.45) is -0.676. The Morgan fingerprint density at radius 1 is 0.881 bits per heavy atom. The van der Waals surface area contributed by atoms with Crippen LogP contribution in [0.2, 0.25) is 0 Å². The average molecular weight is 560 g/mol. The summed E-state index contributed by atoms with van der Waals surface area (Å²) in [6.45, 7) is 2.01. The van der Waals surface area contributed by atoms with E-state index in [0.29, 0.717) is 5.56 Å². The number of carbonyl (C=O) groups is 2. The van der Waals surface area contributed by atoms with Crippen molar-refractivity contribution in [3.63, 3.8) is 0 Å². The maximum atomic E-state index is 14.6. The average Bonchev–Trinajstić information content (AvgIpc) is 3.58. The van der Waals surface area contributed by atoms with Crippen molar-refractivity contribution in [3.05, 3.63) is 148 Å². The molecule has 2 amide bonds. The van der Waals surface area contributed by atoms with Gasteiger partial charge in [0.25, 0.3) is 5.69 Å². The fourth-order valence-corrected chi connectivity index (χ4v) is 6.21. The van der Waals surface area contributed by atoms with E-state index in [4.69, 9.17) is 9.73 Å². The number of ether oxygens (including phenoxy) is 1. The second kappa shape index (κ2) is 11.4. The largest absolute Gasteiger partial charge is 0.447 e. The summed E-state index contributed by atoms with van der Waals surface area (Å²) in [5.41, 5.74) is 4.21. The van der Waals surface area contributed by atoms with Crippen LogP contribution in [-0.4, -0.2) is 40.2 Å². The van der Waals surface area contributed by atoms with E-state index in [0.717, 1.165) is 22.4 Å². The number of nitro benzene ring substituents is 1. The van der Waals surface area contributed by atoms with E-state index in [-0.39, 0.29) is 30.0 Å². The summed E-state index contributed by atoms with van der Waals surface area (Å²) in [5.74, 6) is -1.72. The summed E-state index contributed by atoms with van der Waals surface area (Å²) in [5, 5.41) is 11.3. The van der Waals surface area contributed by atoms with E-state index >= 15 is 0 Å². The summed E-state index contributed by atoms with van der Waals surface area (Å²) in [6, 6.07) is 34.2. The molecule has 0 bridgehead atoms. The van der Waals surface area contributed by atoms with E-state index in [1.54, 1.807) is 12.1 Å². The molecule has 1 fully saturated rings. The van der Waals surface area contributed by atoms with Crippen LogP contribution in [-0.2, 0) is 9.53 Å². The van der Waals surface area contributed by atoms with Gasteiger partial charge in [-0.2, -0.15) is 0 Å². The molecule has 8 heteroatoms. The molecule has 0 radical (unpaired) electrons. The van der Waals surface area contributed by atoms with Crippen molar-refractivity contribution in [3.8, 4) is 0 Å². The number of non-ortho nitro benzene ring substituents is 1. The Kier molecular flexibility index (Phi) is 7.35. The van der Waals surface area contributed by atoms with Gasteiger partial charge < -0.3 is 4.74 Å². The maximum Gasteiger partial charge on any atom is 0.417 e. The molecule has 0 unspecified atom stereocenters. The van der Waals surface area contributed by atoms with Crippen molar-refractivity contribution in [2.75, 3.05) is 6.61 Å². The molecule has 42 heavy (non-hydrogen) atoms. The second-order valence-corrected chi connectivity index (χ2v) is 10.6. The SMILES string of the molecule is C[C@@H]1C(c2ccccc2)=N[C@@H](c2ccc([N+](=O)[O-])cc2)[C@H]1C(=O)N1C(=O)OC[C@@H]1C(c1ccccc1)c1ccccc1. The highest BCUT2D eigenvalue weighted by Crippen LogP contribution is 2.44. The minimum absolute atomic E-state index is 0.0447. The van der Waals surface area contributed by atoms with Crippen LogP contribution in [0.5, 0.6) is 0 Å². The Bertz CT molecular complexity index is 1590. The predicted octanol–water partition coefficient (Wildman–Crippen LogP) is 6.57. The van der Waals surface area contributed by atoms with Gasteiger partial charge in [-0.15, -0.1) is 0 Å². The molecule has 4 aromatic rings. The highest BCUT2D eigenvalue weighted by Gasteiger charge is 2.51. The molecule has 0 spiro atoms. The molecule has 8 nitrogen and oxygen atoms in total. The number of imide groups is 1. The molecule has 0 aromatic heterocycles. The van der Waals surface area contributed by atoms with Gasteiger partial charge >= 0.3 is 6.09 Å². The third-order valence-electron chi connectivity index (χ3n) is 8.23. The molecule has 0 N–H and O–H groups in total. The number of aliphatic imine (C=N–C) groups is 1. The molecule has 2 aliphatic rings. The van der Waals surface area contributed by atoms with Crippen molar-refractivity contribution in [2.45, 2.75) is 24.9 Å². The molecule has 0 saturated carbocycles. The van der Waals surface area contributed by atoms with Gasteiger partial charge in [0, 0.05) is 29.7 Å². The molecular formula is C34H29N3O5. The normalized spacial score (nSPS) is 21.7. The molecule has 2 aliphatic heterocycles.